The molecule has 1 spiro atoms. The van der Waals surface area contributed by atoms with Gasteiger partial charge in [-0.3, -0.25) is 14.4 Å². The molecule has 6 nitrogen and oxygen atoms in total. The van der Waals surface area contributed by atoms with E-state index < -0.39 is 5.60 Å². The van der Waals surface area contributed by atoms with Gasteiger partial charge in [-0.25, -0.2) is 0 Å². The number of carbonyl (C=O) groups excluding carboxylic acids is 3. The highest BCUT2D eigenvalue weighted by Gasteiger charge is 2.43. The van der Waals surface area contributed by atoms with Gasteiger partial charge in [0.2, 0.25) is 5.91 Å². The second-order valence-electron chi connectivity index (χ2n) is 7.77. The minimum atomic E-state index is -0.517. The van der Waals surface area contributed by atoms with Gasteiger partial charge >= 0.3 is 0 Å². The number of nitrogens with zero attached hydrogens (tertiary/aromatic N) is 1. The lowest BCUT2D eigenvalue weighted by Gasteiger charge is -2.44. The van der Waals surface area contributed by atoms with E-state index in [1.165, 1.54) is 0 Å². The largest absolute Gasteiger partial charge is 0.486 e. The molecule has 0 bridgehead atoms. The van der Waals surface area contributed by atoms with Gasteiger partial charge in [0, 0.05) is 37.2 Å². The Morgan fingerprint density at radius 2 is 1.86 bits per heavy atom. The molecule has 3 heterocycles. The number of para-hydroxylation sites is 1. The lowest BCUT2D eigenvalue weighted by molar-refractivity contribution is -0.115. The average Bonchev–Trinajstić information content (AvgIpc) is 3.07. The summed E-state index contributed by atoms with van der Waals surface area (Å²) in [7, 11) is 0. The Bertz CT molecular complexity index is 1010. The molecular formula is C22H20N2O4. The van der Waals surface area contributed by atoms with Crippen molar-refractivity contribution < 1.29 is 19.1 Å². The molecule has 0 saturated carbocycles. The molecule has 0 radical (unpaired) electrons. The number of fused-ring (bicyclic) bond motifs is 2. The fourth-order valence-electron chi connectivity index (χ4n) is 4.38. The van der Waals surface area contributed by atoms with Crippen LogP contribution in [-0.2, 0) is 11.2 Å². The number of carbonyl (C=O) groups is 3. The quantitative estimate of drug-likeness (QED) is 0.830. The number of ketones is 1. The number of likely N-dealkylation sites (tertiary alicyclic amines) is 1. The van der Waals surface area contributed by atoms with E-state index in [2.05, 4.69) is 5.32 Å². The molecule has 142 valence electrons. The van der Waals surface area contributed by atoms with Gasteiger partial charge in [-0.2, -0.15) is 0 Å². The zero-order chi connectivity index (χ0) is 19.3. The summed E-state index contributed by atoms with van der Waals surface area (Å²) < 4.78 is 6.23. The van der Waals surface area contributed by atoms with Gasteiger partial charge in [-0.15, -0.1) is 0 Å². The van der Waals surface area contributed by atoms with Gasteiger partial charge in [-0.1, -0.05) is 12.1 Å². The van der Waals surface area contributed by atoms with E-state index in [9.17, 15) is 14.4 Å². The van der Waals surface area contributed by atoms with Crippen molar-refractivity contribution in [3.05, 3.63) is 59.2 Å². The molecule has 1 N–H and O–H groups in total. The van der Waals surface area contributed by atoms with Crippen LogP contribution in [0.25, 0.3) is 0 Å². The molecule has 2 aromatic rings. The molecule has 2 amide bonds. The summed E-state index contributed by atoms with van der Waals surface area (Å²) in [5, 5.41) is 2.78. The summed E-state index contributed by atoms with van der Waals surface area (Å²) in [6.45, 7) is 1.09. The van der Waals surface area contributed by atoms with E-state index in [1.54, 1.807) is 24.3 Å². The maximum atomic E-state index is 12.9. The summed E-state index contributed by atoms with van der Waals surface area (Å²) >= 11 is 0. The summed E-state index contributed by atoms with van der Waals surface area (Å²) in [6.07, 6.45) is 1.93. The lowest BCUT2D eigenvalue weighted by Crippen LogP contribution is -2.52. The third-order valence-electron chi connectivity index (χ3n) is 5.94. The van der Waals surface area contributed by atoms with Crippen LogP contribution in [0.15, 0.2) is 42.5 Å². The molecule has 6 heteroatoms. The molecule has 1 fully saturated rings. The van der Waals surface area contributed by atoms with Crippen LogP contribution in [0.2, 0.25) is 0 Å². The van der Waals surface area contributed by atoms with Crippen LogP contribution in [0.5, 0.6) is 5.75 Å². The Morgan fingerprint density at radius 1 is 1.07 bits per heavy atom. The summed E-state index contributed by atoms with van der Waals surface area (Å²) in [5.74, 6) is 0.671. The molecule has 1 saturated heterocycles. The smallest absolute Gasteiger partial charge is 0.253 e. The van der Waals surface area contributed by atoms with Crippen LogP contribution in [-0.4, -0.2) is 41.2 Å². The first-order valence-electron chi connectivity index (χ1n) is 9.56. The number of hydrogen-bond acceptors (Lipinski definition) is 4. The van der Waals surface area contributed by atoms with Crippen LogP contribution in [0, 0.1) is 0 Å². The van der Waals surface area contributed by atoms with Gasteiger partial charge in [0.15, 0.2) is 5.78 Å². The van der Waals surface area contributed by atoms with Gasteiger partial charge < -0.3 is 15.0 Å². The summed E-state index contributed by atoms with van der Waals surface area (Å²) in [5.41, 5.74) is 2.37. The maximum Gasteiger partial charge on any atom is 0.253 e. The van der Waals surface area contributed by atoms with Crippen LogP contribution in [0.4, 0.5) is 5.69 Å². The van der Waals surface area contributed by atoms with Crippen molar-refractivity contribution in [1.29, 1.82) is 0 Å². The number of piperidine rings is 1. The van der Waals surface area contributed by atoms with E-state index in [0.29, 0.717) is 55.6 Å². The van der Waals surface area contributed by atoms with Crippen LogP contribution in [0.1, 0.15) is 45.5 Å². The molecule has 3 aliphatic heterocycles. The third kappa shape index (κ3) is 2.76. The molecule has 28 heavy (non-hydrogen) atoms. The Kier molecular flexibility index (Phi) is 3.75. The number of Topliss-reactive ketones (excluding diaryl/α,β-unsaturated/α-hetero) is 1. The zero-order valence-electron chi connectivity index (χ0n) is 15.4. The normalized spacial score (nSPS) is 19.6. The fourth-order valence-corrected chi connectivity index (χ4v) is 4.38. The number of hydrogen-bond donors (Lipinski definition) is 1. The van der Waals surface area contributed by atoms with Crippen molar-refractivity contribution in [2.24, 2.45) is 0 Å². The molecule has 0 unspecified atom stereocenters. The molecule has 3 aliphatic rings. The SMILES string of the molecule is O=C1Cc2cc(C(=O)N3CCC4(CC3)CC(=O)c3ccccc3O4)ccc2N1. The monoisotopic (exact) mass is 376 g/mol. The Hall–Kier alpha value is -3.15. The number of anilines is 1. The van der Waals surface area contributed by atoms with E-state index in [0.717, 1.165) is 11.3 Å². The van der Waals surface area contributed by atoms with E-state index >= 15 is 0 Å². The predicted octanol–water partition coefficient (Wildman–Crippen LogP) is 2.82. The number of nitrogens with one attached hydrogen (secondary N) is 1. The second kappa shape index (κ2) is 6.19. The van der Waals surface area contributed by atoms with Crippen molar-refractivity contribution in [2.75, 3.05) is 18.4 Å². The molecule has 0 aliphatic carbocycles. The lowest BCUT2D eigenvalue weighted by atomic mass is 9.82. The highest BCUT2D eigenvalue weighted by atomic mass is 16.5. The number of amides is 2. The van der Waals surface area contributed by atoms with Crippen molar-refractivity contribution in [1.82, 2.24) is 4.90 Å². The zero-order valence-corrected chi connectivity index (χ0v) is 15.4. The Morgan fingerprint density at radius 3 is 2.68 bits per heavy atom. The minimum absolute atomic E-state index is 0.0421. The van der Waals surface area contributed by atoms with Crippen molar-refractivity contribution >= 4 is 23.3 Å². The molecule has 2 aromatic carbocycles. The Labute approximate surface area is 162 Å². The second-order valence-corrected chi connectivity index (χ2v) is 7.77. The van der Waals surface area contributed by atoms with E-state index in [4.69, 9.17) is 4.74 Å². The first-order valence-corrected chi connectivity index (χ1v) is 9.56. The van der Waals surface area contributed by atoms with E-state index in [-0.39, 0.29) is 17.6 Å². The highest BCUT2D eigenvalue weighted by molar-refractivity contribution is 6.02. The van der Waals surface area contributed by atoms with Crippen molar-refractivity contribution in [2.45, 2.75) is 31.3 Å². The van der Waals surface area contributed by atoms with Gasteiger partial charge in [0.05, 0.1) is 18.4 Å². The van der Waals surface area contributed by atoms with Crippen molar-refractivity contribution in [3.8, 4) is 5.75 Å². The van der Waals surface area contributed by atoms with Crippen molar-refractivity contribution in [3.63, 3.8) is 0 Å². The van der Waals surface area contributed by atoms with Gasteiger partial charge in [0.1, 0.15) is 11.4 Å². The topological polar surface area (TPSA) is 75.7 Å². The first-order chi connectivity index (χ1) is 13.5. The summed E-state index contributed by atoms with van der Waals surface area (Å²) in [4.78, 5) is 38.8. The van der Waals surface area contributed by atoms with Crippen LogP contribution < -0.4 is 10.1 Å². The Balaban J connectivity index is 1.30. The average molecular weight is 376 g/mol. The standard InChI is InChI=1S/C22H20N2O4/c25-18-13-22(28-19-4-2-1-3-16(18)19)7-9-24(10-8-22)21(27)14-5-6-17-15(11-14)12-20(26)23-17/h1-6,11H,7-10,12-13H2,(H,23,26). The summed E-state index contributed by atoms with van der Waals surface area (Å²) in [6, 6.07) is 12.7. The third-order valence-corrected chi connectivity index (χ3v) is 5.94. The van der Waals surface area contributed by atoms with E-state index in [1.807, 2.05) is 23.1 Å². The molecule has 5 rings (SSSR count). The molecule has 0 aromatic heterocycles. The number of benzene rings is 2. The first kappa shape index (κ1) is 17.0. The maximum absolute atomic E-state index is 12.9. The fraction of sp³-hybridized carbons (Fsp3) is 0.318. The van der Waals surface area contributed by atoms with Crippen LogP contribution in [0.3, 0.4) is 0 Å². The van der Waals surface area contributed by atoms with Crippen LogP contribution >= 0.6 is 0 Å². The number of ether oxygens (including phenoxy) is 1. The predicted molar refractivity (Wildman–Crippen MR) is 103 cm³/mol. The molecule has 0 atom stereocenters. The molecular weight excluding hydrogens is 356 g/mol. The van der Waals surface area contributed by atoms with Gasteiger partial charge in [-0.05, 0) is 35.9 Å². The minimum Gasteiger partial charge on any atom is -0.486 e. The highest BCUT2D eigenvalue weighted by Crippen LogP contribution is 2.39. The van der Waals surface area contributed by atoms with Gasteiger partial charge in [0.25, 0.3) is 5.91 Å². The number of rotatable bonds is 1.